The Morgan fingerprint density at radius 2 is 2.40 bits per heavy atom. The fourth-order valence-electron chi connectivity index (χ4n) is 2.02. The Labute approximate surface area is 121 Å². The molecule has 1 aromatic heterocycles. The summed E-state index contributed by atoms with van der Waals surface area (Å²) < 4.78 is 5.70. The van der Waals surface area contributed by atoms with Crippen LogP contribution in [0.1, 0.15) is 9.88 Å². The molecule has 0 radical (unpaired) electrons. The number of para-hydroxylation sites is 2. The molecule has 1 atom stereocenters. The third-order valence-electron chi connectivity index (χ3n) is 3.01. The van der Waals surface area contributed by atoms with E-state index in [0.717, 1.165) is 15.6 Å². The van der Waals surface area contributed by atoms with Crippen LogP contribution in [0.25, 0.3) is 0 Å². The van der Waals surface area contributed by atoms with Gasteiger partial charge in [-0.15, -0.1) is 11.3 Å². The molecule has 0 saturated heterocycles. The molecule has 2 aromatic rings. The lowest BCUT2D eigenvalue weighted by Gasteiger charge is -2.26. The number of fused-ring (bicyclic) bond motifs is 1. The molecular weight excluding hydrogens is 274 g/mol. The topological polar surface area (TPSA) is 63.2 Å². The number of benzene rings is 1. The first kappa shape index (κ1) is 12.9. The first-order valence-electron chi connectivity index (χ1n) is 6.41. The molecule has 3 rings (SSSR count). The summed E-state index contributed by atoms with van der Waals surface area (Å²) in [5.41, 5.74) is 0.923. The predicted molar refractivity (Wildman–Crippen MR) is 78.0 cm³/mol. The molecule has 20 heavy (non-hydrogen) atoms. The van der Waals surface area contributed by atoms with Gasteiger partial charge in [0.05, 0.1) is 18.8 Å². The fourth-order valence-corrected chi connectivity index (χ4v) is 2.75. The molecule has 0 fully saturated rings. The highest BCUT2D eigenvalue weighted by Crippen LogP contribution is 2.28. The Bertz CT molecular complexity index is 626. The van der Waals surface area contributed by atoms with Gasteiger partial charge in [0.1, 0.15) is 10.8 Å². The van der Waals surface area contributed by atoms with Crippen LogP contribution in [0, 0.1) is 6.92 Å². The SMILES string of the molecule is Cc1cnc(CNC(=O)C2CNc3ccccc3O2)s1. The Morgan fingerprint density at radius 1 is 1.55 bits per heavy atom. The number of anilines is 1. The second-order valence-electron chi connectivity index (χ2n) is 4.57. The van der Waals surface area contributed by atoms with Gasteiger partial charge < -0.3 is 15.4 Å². The lowest BCUT2D eigenvalue weighted by atomic mass is 10.2. The maximum Gasteiger partial charge on any atom is 0.263 e. The van der Waals surface area contributed by atoms with Crippen LogP contribution in [0.15, 0.2) is 30.5 Å². The molecule has 104 valence electrons. The molecule has 1 aromatic carbocycles. The molecule has 0 aliphatic carbocycles. The van der Waals surface area contributed by atoms with E-state index in [1.54, 1.807) is 17.5 Å². The quantitative estimate of drug-likeness (QED) is 0.906. The van der Waals surface area contributed by atoms with E-state index in [-0.39, 0.29) is 5.91 Å². The number of hydrogen-bond donors (Lipinski definition) is 2. The van der Waals surface area contributed by atoms with E-state index in [2.05, 4.69) is 15.6 Å². The summed E-state index contributed by atoms with van der Waals surface area (Å²) in [6.45, 7) is 2.91. The number of amides is 1. The van der Waals surface area contributed by atoms with E-state index in [1.165, 1.54) is 0 Å². The molecular formula is C14H15N3O2S. The molecule has 1 amide bonds. The van der Waals surface area contributed by atoms with Crippen molar-refractivity contribution in [3.8, 4) is 5.75 Å². The van der Waals surface area contributed by atoms with E-state index < -0.39 is 6.10 Å². The van der Waals surface area contributed by atoms with E-state index in [0.29, 0.717) is 18.8 Å². The summed E-state index contributed by atoms with van der Waals surface area (Å²) in [4.78, 5) is 17.4. The minimum Gasteiger partial charge on any atom is -0.477 e. The number of aryl methyl sites for hydroxylation is 1. The van der Waals surface area contributed by atoms with Gasteiger partial charge in [-0.1, -0.05) is 12.1 Å². The van der Waals surface area contributed by atoms with Gasteiger partial charge in [0.25, 0.3) is 5.91 Å². The number of rotatable bonds is 3. The molecule has 0 saturated carbocycles. The summed E-state index contributed by atoms with van der Waals surface area (Å²) >= 11 is 1.58. The normalized spacial score (nSPS) is 16.8. The van der Waals surface area contributed by atoms with Gasteiger partial charge >= 0.3 is 0 Å². The van der Waals surface area contributed by atoms with Crippen LogP contribution in [-0.2, 0) is 11.3 Å². The Kier molecular flexibility index (Phi) is 3.56. The molecule has 6 heteroatoms. The summed E-state index contributed by atoms with van der Waals surface area (Å²) in [5.74, 6) is 0.587. The van der Waals surface area contributed by atoms with Crippen LogP contribution in [0.4, 0.5) is 5.69 Å². The number of thiazole rings is 1. The smallest absolute Gasteiger partial charge is 0.263 e. The number of carbonyl (C=O) groups is 1. The number of ether oxygens (including phenoxy) is 1. The summed E-state index contributed by atoms with van der Waals surface area (Å²) in [6.07, 6.45) is 1.30. The maximum absolute atomic E-state index is 12.1. The second kappa shape index (κ2) is 5.50. The number of hydrogen-bond acceptors (Lipinski definition) is 5. The summed E-state index contributed by atoms with van der Waals surface area (Å²) in [7, 11) is 0. The molecule has 0 bridgehead atoms. The average Bonchev–Trinajstić information content (AvgIpc) is 2.90. The van der Waals surface area contributed by atoms with Crippen molar-refractivity contribution in [2.45, 2.75) is 19.6 Å². The largest absolute Gasteiger partial charge is 0.477 e. The second-order valence-corrected chi connectivity index (χ2v) is 5.89. The third-order valence-corrected chi connectivity index (χ3v) is 3.92. The molecule has 2 heterocycles. The van der Waals surface area contributed by atoms with Crippen LogP contribution in [0.5, 0.6) is 5.75 Å². The highest BCUT2D eigenvalue weighted by Gasteiger charge is 2.25. The van der Waals surface area contributed by atoms with Crippen molar-refractivity contribution in [2.24, 2.45) is 0 Å². The van der Waals surface area contributed by atoms with Crippen molar-refractivity contribution in [1.82, 2.24) is 10.3 Å². The number of nitrogens with one attached hydrogen (secondary N) is 2. The average molecular weight is 289 g/mol. The van der Waals surface area contributed by atoms with Gasteiger partial charge in [-0.25, -0.2) is 4.98 Å². The van der Waals surface area contributed by atoms with Crippen LogP contribution in [0.3, 0.4) is 0 Å². The first-order chi connectivity index (χ1) is 9.72. The standard InChI is InChI=1S/C14H15N3O2S/c1-9-6-16-13(20-9)8-17-14(18)12-7-15-10-4-2-3-5-11(10)19-12/h2-6,12,15H,7-8H2,1H3,(H,17,18). The lowest BCUT2D eigenvalue weighted by Crippen LogP contribution is -2.44. The van der Waals surface area contributed by atoms with Gasteiger partial charge in [0, 0.05) is 11.1 Å². The van der Waals surface area contributed by atoms with Crippen LogP contribution < -0.4 is 15.4 Å². The van der Waals surface area contributed by atoms with Crippen LogP contribution in [-0.4, -0.2) is 23.5 Å². The molecule has 1 unspecified atom stereocenters. The maximum atomic E-state index is 12.1. The summed E-state index contributed by atoms with van der Waals surface area (Å²) in [5, 5.41) is 6.96. The van der Waals surface area contributed by atoms with Crippen molar-refractivity contribution in [2.75, 3.05) is 11.9 Å². The molecule has 1 aliphatic heterocycles. The van der Waals surface area contributed by atoms with E-state index in [1.807, 2.05) is 31.2 Å². The van der Waals surface area contributed by atoms with E-state index in [4.69, 9.17) is 4.74 Å². The minimum atomic E-state index is -0.508. The van der Waals surface area contributed by atoms with Crippen molar-refractivity contribution in [3.63, 3.8) is 0 Å². The Balaban J connectivity index is 1.59. The molecule has 0 spiro atoms. The van der Waals surface area contributed by atoms with Crippen molar-refractivity contribution in [1.29, 1.82) is 0 Å². The van der Waals surface area contributed by atoms with E-state index in [9.17, 15) is 4.79 Å². The third kappa shape index (κ3) is 2.75. The van der Waals surface area contributed by atoms with Crippen molar-refractivity contribution < 1.29 is 9.53 Å². The van der Waals surface area contributed by atoms with Gasteiger partial charge in [-0.05, 0) is 19.1 Å². The van der Waals surface area contributed by atoms with Crippen molar-refractivity contribution >= 4 is 22.9 Å². The van der Waals surface area contributed by atoms with Gasteiger partial charge in [0.2, 0.25) is 0 Å². The van der Waals surface area contributed by atoms with Crippen molar-refractivity contribution in [3.05, 3.63) is 40.3 Å². The molecule has 1 aliphatic rings. The zero-order valence-electron chi connectivity index (χ0n) is 11.1. The predicted octanol–water partition coefficient (Wildman–Crippen LogP) is 1.94. The zero-order valence-corrected chi connectivity index (χ0v) is 11.9. The van der Waals surface area contributed by atoms with Crippen LogP contribution >= 0.6 is 11.3 Å². The number of aromatic nitrogens is 1. The highest BCUT2D eigenvalue weighted by molar-refractivity contribution is 7.11. The minimum absolute atomic E-state index is 0.125. The Morgan fingerprint density at radius 3 is 3.20 bits per heavy atom. The summed E-state index contributed by atoms with van der Waals surface area (Å²) in [6, 6.07) is 7.60. The van der Waals surface area contributed by atoms with E-state index >= 15 is 0 Å². The molecule has 2 N–H and O–H groups in total. The lowest BCUT2D eigenvalue weighted by molar-refractivity contribution is -0.127. The molecule has 5 nitrogen and oxygen atoms in total. The van der Waals surface area contributed by atoms with Gasteiger partial charge in [0.15, 0.2) is 6.10 Å². The fraction of sp³-hybridized carbons (Fsp3) is 0.286. The van der Waals surface area contributed by atoms with Crippen LogP contribution in [0.2, 0.25) is 0 Å². The highest BCUT2D eigenvalue weighted by atomic mass is 32.1. The van der Waals surface area contributed by atoms with Gasteiger partial charge in [-0.3, -0.25) is 4.79 Å². The first-order valence-corrected chi connectivity index (χ1v) is 7.22. The Hall–Kier alpha value is -2.08. The zero-order chi connectivity index (χ0) is 13.9. The number of nitrogens with zero attached hydrogens (tertiary/aromatic N) is 1. The van der Waals surface area contributed by atoms with Gasteiger partial charge in [-0.2, -0.15) is 0 Å². The number of carbonyl (C=O) groups excluding carboxylic acids is 1. The monoisotopic (exact) mass is 289 g/mol.